The predicted octanol–water partition coefficient (Wildman–Crippen LogP) is 2.97. The molecule has 0 bridgehead atoms. The van der Waals surface area contributed by atoms with Gasteiger partial charge in [-0.15, -0.1) is 0 Å². The highest BCUT2D eigenvalue weighted by molar-refractivity contribution is 5.95. The van der Waals surface area contributed by atoms with Crippen LogP contribution in [0.25, 0.3) is 0 Å². The van der Waals surface area contributed by atoms with Crippen LogP contribution in [0.4, 0.5) is 0 Å². The number of carbonyl (C=O) groups is 2. The molecule has 0 atom stereocenters. The van der Waals surface area contributed by atoms with Crippen LogP contribution in [0, 0.1) is 0 Å². The van der Waals surface area contributed by atoms with Crippen molar-refractivity contribution in [3.05, 3.63) is 65.5 Å². The summed E-state index contributed by atoms with van der Waals surface area (Å²) in [7, 11) is 0. The molecule has 1 aliphatic heterocycles. The van der Waals surface area contributed by atoms with E-state index in [-0.39, 0.29) is 17.0 Å². The first-order valence-electron chi connectivity index (χ1n) is 8.04. The molecule has 1 aromatic carbocycles. The maximum Gasteiger partial charge on any atom is 0.354 e. The Morgan fingerprint density at radius 2 is 1.75 bits per heavy atom. The number of carbonyl (C=O) groups excluding carboxylic acids is 1. The number of hydrogen-bond acceptors (Lipinski definition) is 3. The van der Waals surface area contributed by atoms with Gasteiger partial charge in [0.15, 0.2) is 0 Å². The zero-order chi connectivity index (χ0) is 17.2. The van der Waals surface area contributed by atoms with E-state index in [1.165, 1.54) is 23.9 Å². The number of carboxylic acids is 1. The van der Waals surface area contributed by atoms with E-state index >= 15 is 0 Å². The van der Waals surface area contributed by atoms with Crippen LogP contribution in [-0.2, 0) is 5.41 Å². The molecule has 1 aliphatic rings. The van der Waals surface area contributed by atoms with Gasteiger partial charge in [0.2, 0.25) is 0 Å². The average Bonchev–Trinajstić information content (AvgIpc) is 2.62. The van der Waals surface area contributed by atoms with Crippen LogP contribution < -0.4 is 0 Å². The van der Waals surface area contributed by atoms with Gasteiger partial charge in [0, 0.05) is 19.3 Å². The molecule has 2 heterocycles. The van der Waals surface area contributed by atoms with Gasteiger partial charge in [0.05, 0.1) is 5.56 Å². The molecular weight excluding hydrogens is 304 g/mol. The Morgan fingerprint density at radius 3 is 2.29 bits per heavy atom. The summed E-state index contributed by atoms with van der Waals surface area (Å²) in [5.41, 5.74) is 1.78. The monoisotopic (exact) mass is 324 g/mol. The molecule has 1 N–H and O–H groups in total. The Bertz CT molecular complexity index is 733. The number of carboxylic acid groups (broad SMARTS) is 1. The molecule has 24 heavy (non-hydrogen) atoms. The highest BCUT2D eigenvalue weighted by atomic mass is 16.4. The minimum absolute atomic E-state index is 0.0538. The highest BCUT2D eigenvalue weighted by Gasteiger charge is 2.33. The van der Waals surface area contributed by atoms with E-state index in [2.05, 4.69) is 24.0 Å². The quantitative estimate of drug-likeness (QED) is 0.942. The van der Waals surface area contributed by atoms with Gasteiger partial charge in [0.1, 0.15) is 5.69 Å². The molecule has 2 aromatic rings. The molecule has 5 nitrogen and oxygen atoms in total. The zero-order valence-corrected chi connectivity index (χ0v) is 13.6. The zero-order valence-electron chi connectivity index (χ0n) is 13.6. The lowest BCUT2D eigenvalue weighted by molar-refractivity contribution is 0.0666. The maximum atomic E-state index is 12.6. The number of aromatic nitrogens is 1. The van der Waals surface area contributed by atoms with Gasteiger partial charge in [-0.25, -0.2) is 9.78 Å². The Morgan fingerprint density at radius 1 is 1.08 bits per heavy atom. The fraction of sp³-hybridized carbons (Fsp3) is 0.316. The van der Waals surface area contributed by atoms with Crippen molar-refractivity contribution < 1.29 is 14.7 Å². The largest absolute Gasteiger partial charge is 0.477 e. The van der Waals surface area contributed by atoms with E-state index < -0.39 is 5.97 Å². The molecule has 0 saturated carbocycles. The summed E-state index contributed by atoms with van der Waals surface area (Å²) in [4.78, 5) is 29.0. The van der Waals surface area contributed by atoms with Gasteiger partial charge in [-0.05, 0) is 36.0 Å². The van der Waals surface area contributed by atoms with E-state index in [1.807, 2.05) is 23.1 Å². The van der Waals surface area contributed by atoms with E-state index in [4.69, 9.17) is 5.11 Å². The topological polar surface area (TPSA) is 70.5 Å². The molecule has 1 fully saturated rings. The number of pyridine rings is 1. The van der Waals surface area contributed by atoms with E-state index in [0.717, 1.165) is 12.8 Å². The number of amides is 1. The Labute approximate surface area is 140 Å². The van der Waals surface area contributed by atoms with Crippen LogP contribution in [0.5, 0.6) is 0 Å². The minimum atomic E-state index is -1.09. The Balaban J connectivity index is 1.68. The minimum Gasteiger partial charge on any atom is -0.477 e. The summed E-state index contributed by atoms with van der Waals surface area (Å²) >= 11 is 0. The number of aromatic carboxylic acids is 1. The second-order valence-electron chi connectivity index (χ2n) is 6.46. The lowest BCUT2D eigenvalue weighted by atomic mass is 9.74. The Hall–Kier alpha value is -2.69. The Kier molecular flexibility index (Phi) is 4.34. The first-order valence-corrected chi connectivity index (χ1v) is 8.04. The van der Waals surface area contributed by atoms with Gasteiger partial charge in [-0.1, -0.05) is 37.3 Å². The fourth-order valence-electron chi connectivity index (χ4n) is 3.16. The van der Waals surface area contributed by atoms with Crippen LogP contribution in [0.15, 0.2) is 48.7 Å². The predicted molar refractivity (Wildman–Crippen MR) is 90.1 cm³/mol. The van der Waals surface area contributed by atoms with Crippen LogP contribution in [-0.4, -0.2) is 40.0 Å². The highest BCUT2D eigenvalue weighted by Crippen LogP contribution is 2.35. The van der Waals surface area contributed by atoms with Gasteiger partial charge in [-0.2, -0.15) is 0 Å². The molecular formula is C19H20N2O3. The average molecular weight is 324 g/mol. The lowest BCUT2D eigenvalue weighted by Crippen LogP contribution is -2.44. The van der Waals surface area contributed by atoms with Crippen LogP contribution >= 0.6 is 0 Å². The number of benzene rings is 1. The second-order valence-corrected chi connectivity index (χ2v) is 6.46. The van der Waals surface area contributed by atoms with E-state index in [0.29, 0.717) is 18.7 Å². The van der Waals surface area contributed by atoms with Crippen LogP contribution in [0.1, 0.15) is 46.2 Å². The van der Waals surface area contributed by atoms with Crippen molar-refractivity contribution in [1.29, 1.82) is 0 Å². The number of nitrogens with zero attached hydrogens (tertiary/aromatic N) is 2. The van der Waals surface area contributed by atoms with E-state index in [9.17, 15) is 9.59 Å². The van der Waals surface area contributed by atoms with Crippen molar-refractivity contribution in [3.63, 3.8) is 0 Å². The van der Waals surface area contributed by atoms with E-state index in [1.54, 1.807) is 0 Å². The summed E-state index contributed by atoms with van der Waals surface area (Å²) in [6.45, 7) is 3.61. The summed E-state index contributed by atoms with van der Waals surface area (Å²) in [6, 6.07) is 13.3. The van der Waals surface area contributed by atoms with Crippen molar-refractivity contribution in [2.24, 2.45) is 0 Å². The van der Waals surface area contributed by atoms with Crippen LogP contribution in [0.2, 0.25) is 0 Å². The first kappa shape index (κ1) is 16.2. The van der Waals surface area contributed by atoms with Crippen LogP contribution in [0.3, 0.4) is 0 Å². The number of hydrogen-bond donors (Lipinski definition) is 1. The molecule has 0 spiro atoms. The second kappa shape index (κ2) is 6.43. The molecule has 0 aliphatic carbocycles. The molecule has 1 saturated heterocycles. The fourth-order valence-corrected chi connectivity index (χ4v) is 3.16. The van der Waals surface area contributed by atoms with Crippen molar-refractivity contribution in [3.8, 4) is 0 Å². The number of likely N-dealkylation sites (tertiary alicyclic amines) is 1. The SMILES string of the molecule is CC1(c2ccccc2)CCN(C(=O)c2ccc(C(=O)O)nc2)CC1. The summed E-state index contributed by atoms with van der Waals surface area (Å²) in [6.07, 6.45) is 3.16. The summed E-state index contributed by atoms with van der Waals surface area (Å²) in [5.74, 6) is -1.18. The van der Waals surface area contributed by atoms with Gasteiger partial charge >= 0.3 is 5.97 Å². The summed E-state index contributed by atoms with van der Waals surface area (Å²) < 4.78 is 0. The normalized spacial score (nSPS) is 16.6. The summed E-state index contributed by atoms with van der Waals surface area (Å²) in [5, 5.41) is 8.87. The maximum absolute atomic E-state index is 12.6. The number of piperidine rings is 1. The molecule has 5 heteroatoms. The standard InChI is InChI=1S/C19H20N2O3/c1-19(15-5-3-2-4-6-15)9-11-21(12-10-19)17(22)14-7-8-16(18(23)24)20-13-14/h2-8,13H,9-12H2,1H3,(H,23,24). The third-order valence-electron chi connectivity index (χ3n) is 4.85. The molecule has 3 rings (SSSR count). The number of rotatable bonds is 3. The smallest absolute Gasteiger partial charge is 0.354 e. The molecule has 124 valence electrons. The molecule has 0 unspecified atom stereocenters. The third kappa shape index (κ3) is 3.15. The third-order valence-corrected chi connectivity index (χ3v) is 4.85. The van der Waals surface area contributed by atoms with Gasteiger partial charge < -0.3 is 10.0 Å². The van der Waals surface area contributed by atoms with Crippen molar-refractivity contribution >= 4 is 11.9 Å². The molecule has 0 radical (unpaired) electrons. The molecule has 1 amide bonds. The van der Waals surface area contributed by atoms with Gasteiger partial charge in [-0.3, -0.25) is 4.79 Å². The van der Waals surface area contributed by atoms with Crippen molar-refractivity contribution in [2.45, 2.75) is 25.2 Å². The molecule has 1 aromatic heterocycles. The van der Waals surface area contributed by atoms with Gasteiger partial charge in [0.25, 0.3) is 5.91 Å². The van der Waals surface area contributed by atoms with Crippen molar-refractivity contribution in [1.82, 2.24) is 9.88 Å². The van der Waals surface area contributed by atoms with Crippen molar-refractivity contribution in [2.75, 3.05) is 13.1 Å². The lowest BCUT2D eigenvalue weighted by Gasteiger charge is -2.39. The first-order chi connectivity index (χ1) is 11.5.